The minimum atomic E-state index is -5.11. The van der Waals surface area contributed by atoms with E-state index in [1.54, 1.807) is 0 Å². The number of nitrogen functional groups attached to an aromatic ring is 1. The maximum Gasteiger partial charge on any atom is 0.476 e. The lowest BCUT2D eigenvalue weighted by atomic mass is 10.2. The molecule has 2 N–H and O–H groups in total. The van der Waals surface area contributed by atoms with Crippen molar-refractivity contribution in [1.29, 1.82) is 0 Å². The van der Waals surface area contributed by atoms with E-state index in [4.69, 9.17) is 52.1 Å². The summed E-state index contributed by atoms with van der Waals surface area (Å²) in [6.45, 7) is 5.44. The van der Waals surface area contributed by atoms with Crippen LogP contribution in [-0.2, 0) is 23.2 Å². The Morgan fingerprint density at radius 2 is 1.16 bits per heavy atom. The van der Waals surface area contributed by atoms with Gasteiger partial charge in [-0.2, -0.15) is 57.8 Å². The molecule has 2 aromatic heterocycles. The lowest BCUT2D eigenvalue weighted by Gasteiger charge is -2.13. The van der Waals surface area contributed by atoms with E-state index in [1.807, 2.05) is 0 Å². The number of hydrogen-bond acceptors (Lipinski definition) is 6. The van der Waals surface area contributed by atoms with Crippen molar-refractivity contribution in [3.05, 3.63) is 66.9 Å². The fraction of sp³-hybridized carbons (Fsp3) is 0.240. The van der Waals surface area contributed by atoms with Gasteiger partial charge in [-0.25, -0.2) is 18.6 Å². The summed E-state index contributed by atoms with van der Waals surface area (Å²) in [5.74, 6) is -1.04. The number of anilines is 1. The summed E-state index contributed by atoms with van der Waals surface area (Å²) in [5.41, 5.74) is -7.25. The number of rotatable bonds is 5. The zero-order valence-corrected chi connectivity index (χ0v) is 28.8. The van der Waals surface area contributed by atoms with Crippen molar-refractivity contribution in [2.24, 2.45) is 4.99 Å². The van der Waals surface area contributed by atoms with E-state index in [2.05, 4.69) is 21.9 Å². The number of hydrogen-bond donors (Lipinski definition) is 1. The number of nitrogens with two attached hydrogens (primary N) is 1. The van der Waals surface area contributed by atoms with E-state index >= 15 is 0 Å². The number of halogens is 16. The predicted octanol–water partition coefficient (Wildman–Crippen LogP) is 11.2. The highest BCUT2D eigenvalue weighted by Gasteiger charge is 2.42. The molecule has 0 saturated carbocycles. The van der Waals surface area contributed by atoms with E-state index in [0.717, 1.165) is 16.3 Å². The van der Waals surface area contributed by atoms with Gasteiger partial charge in [0.2, 0.25) is 0 Å². The van der Waals surface area contributed by atoms with Gasteiger partial charge >= 0.3 is 23.4 Å². The number of aliphatic imine (C=N–C) groups is 1. The van der Waals surface area contributed by atoms with Gasteiger partial charge in [0.15, 0.2) is 16.6 Å². The highest BCUT2D eigenvalue weighted by atomic mass is 35.5. The second-order valence-electron chi connectivity index (χ2n) is 9.35. The number of alkyl halides is 12. The van der Waals surface area contributed by atoms with Crippen LogP contribution in [0.1, 0.15) is 22.5 Å². The Morgan fingerprint density at radius 1 is 0.760 bits per heavy atom. The molecule has 2 heterocycles. The first kappa shape index (κ1) is 41.6. The SMILES string of the molecule is C=Nc1nn(-c2c(Cl)cc(C(F)(F)F)cc2Cl)c(C)c1S(=O)C(F)(F)F.Cc1nn(-c2c(Cl)cc(C(F)(F)F)cc2Cl)c(N)c1SC(F)(F)F. The van der Waals surface area contributed by atoms with Crippen molar-refractivity contribution in [3.8, 4) is 11.4 Å². The molecule has 4 aromatic rings. The molecule has 0 aliphatic rings. The molecule has 0 aliphatic carbocycles. The summed E-state index contributed by atoms with van der Waals surface area (Å²) in [6, 6.07) is 2.28. The van der Waals surface area contributed by atoms with Crippen LogP contribution in [0.25, 0.3) is 11.4 Å². The Balaban J connectivity index is 0.000000271. The van der Waals surface area contributed by atoms with Crippen LogP contribution in [0.4, 0.5) is 64.3 Å². The van der Waals surface area contributed by atoms with Crippen LogP contribution in [0.3, 0.4) is 0 Å². The molecule has 0 bridgehead atoms. The Bertz CT molecular complexity index is 1920. The molecule has 2 aromatic carbocycles. The third-order valence-electron chi connectivity index (χ3n) is 5.96. The normalized spacial score (nSPS) is 13.2. The smallest absolute Gasteiger partial charge is 0.383 e. The Labute approximate surface area is 298 Å². The largest absolute Gasteiger partial charge is 0.476 e. The average molecular weight is 848 g/mol. The summed E-state index contributed by atoms with van der Waals surface area (Å²) in [4.78, 5) is 2.11. The van der Waals surface area contributed by atoms with Gasteiger partial charge in [0.25, 0.3) is 0 Å². The maximum absolute atomic E-state index is 12.8. The third-order valence-corrected chi connectivity index (χ3v) is 9.32. The van der Waals surface area contributed by atoms with Gasteiger partial charge in [-0.3, -0.25) is 0 Å². The van der Waals surface area contributed by atoms with E-state index in [0.29, 0.717) is 24.3 Å². The summed E-state index contributed by atoms with van der Waals surface area (Å²) in [7, 11) is -3.49. The molecule has 7 nitrogen and oxygen atoms in total. The average Bonchev–Trinajstić information content (AvgIpc) is 3.40. The van der Waals surface area contributed by atoms with Gasteiger partial charge in [-0.05, 0) is 56.6 Å². The molecule has 0 saturated heterocycles. The van der Waals surface area contributed by atoms with Crippen molar-refractivity contribution < 1.29 is 56.9 Å². The van der Waals surface area contributed by atoms with E-state index in [9.17, 15) is 56.9 Å². The first-order valence-electron chi connectivity index (χ1n) is 12.4. The zero-order valence-electron chi connectivity index (χ0n) is 24.1. The van der Waals surface area contributed by atoms with Crippen LogP contribution in [0.15, 0.2) is 39.0 Å². The van der Waals surface area contributed by atoms with Crippen molar-refractivity contribution >= 4 is 87.3 Å². The highest BCUT2D eigenvalue weighted by molar-refractivity contribution is 8.00. The lowest BCUT2D eigenvalue weighted by molar-refractivity contribution is -0.138. The number of thioether (sulfide) groups is 1. The van der Waals surface area contributed by atoms with Gasteiger partial charge in [-0.15, -0.1) is 5.10 Å². The summed E-state index contributed by atoms with van der Waals surface area (Å²) in [5, 5.41) is 5.55. The van der Waals surface area contributed by atoms with Crippen LogP contribution < -0.4 is 5.73 Å². The molecule has 1 unspecified atom stereocenters. The fourth-order valence-corrected chi connectivity index (χ4v) is 6.70. The molecular formula is C25H14Cl4F12N6OS2. The Kier molecular flexibility index (Phi) is 12.2. The van der Waals surface area contributed by atoms with Crippen molar-refractivity contribution in [2.75, 3.05) is 5.73 Å². The maximum atomic E-state index is 12.8. The third kappa shape index (κ3) is 9.14. The zero-order chi connectivity index (χ0) is 38.5. The number of nitrogens with zero attached hydrogens (tertiary/aromatic N) is 5. The second-order valence-corrected chi connectivity index (χ2v) is 13.5. The van der Waals surface area contributed by atoms with E-state index in [-0.39, 0.29) is 27.7 Å². The van der Waals surface area contributed by atoms with Crippen LogP contribution in [0.5, 0.6) is 0 Å². The van der Waals surface area contributed by atoms with Gasteiger partial charge in [-0.1, -0.05) is 46.4 Å². The number of aryl methyl sites for hydroxylation is 1. The summed E-state index contributed by atoms with van der Waals surface area (Å²) >= 11 is 22.8. The van der Waals surface area contributed by atoms with Crippen LogP contribution in [0, 0.1) is 13.8 Å². The van der Waals surface area contributed by atoms with Gasteiger partial charge in [0.1, 0.15) is 22.1 Å². The number of aromatic nitrogens is 4. The van der Waals surface area contributed by atoms with E-state index in [1.165, 1.54) is 6.92 Å². The molecule has 0 radical (unpaired) electrons. The standard InChI is InChI=1S/C13H7Cl2F6N3OS.C12H7Cl2F6N3S/c1-5-10(26(25)13(19,20)21)11(22-2)23-24(5)9-7(14)3-6(4-8(9)15)12(16,17)18;1-4-9(24-12(18,19)20)10(21)23(22-4)8-6(13)2-5(3-7(8)14)11(15,16)17/h3-4H,2H2,1H3;2-3H,21H2,1H3. The highest BCUT2D eigenvalue weighted by Crippen LogP contribution is 2.45. The first-order chi connectivity index (χ1) is 22.6. The van der Waals surface area contributed by atoms with Crippen molar-refractivity contribution in [1.82, 2.24) is 19.6 Å². The minimum absolute atomic E-state index is 0.0677. The fourth-order valence-electron chi connectivity index (χ4n) is 3.93. The molecule has 4 rings (SSSR count). The molecule has 0 aliphatic heterocycles. The first-order valence-corrected chi connectivity index (χ1v) is 15.9. The topological polar surface area (TPSA) is 91.1 Å². The lowest BCUT2D eigenvalue weighted by Crippen LogP contribution is -2.17. The molecule has 274 valence electrons. The molecular weight excluding hydrogens is 834 g/mol. The van der Waals surface area contributed by atoms with Crippen molar-refractivity contribution in [2.45, 2.75) is 47.0 Å². The summed E-state index contributed by atoms with van der Waals surface area (Å²) in [6.07, 6.45) is -9.42. The Morgan fingerprint density at radius 3 is 1.50 bits per heavy atom. The van der Waals surface area contributed by atoms with Gasteiger partial charge in [0, 0.05) is 0 Å². The van der Waals surface area contributed by atoms with Gasteiger partial charge in [0.05, 0.1) is 47.5 Å². The van der Waals surface area contributed by atoms with Crippen molar-refractivity contribution in [3.63, 3.8) is 0 Å². The van der Waals surface area contributed by atoms with Crippen LogP contribution in [-0.4, -0.2) is 41.5 Å². The monoisotopic (exact) mass is 846 g/mol. The minimum Gasteiger partial charge on any atom is -0.383 e. The Hall–Kier alpha value is -2.85. The molecule has 1 atom stereocenters. The van der Waals surface area contributed by atoms with Crippen LogP contribution in [0.2, 0.25) is 20.1 Å². The summed E-state index contributed by atoms with van der Waals surface area (Å²) < 4.78 is 166. The van der Waals surface area contributed by atoms with E-state index < -0.39 is 93.7 Å². The number of benzene rings is 2. The molecule has 25 heteroatoms. The van der Waals surface area contributed by atoms with Crippen LogP contribution >= 0.6 is 58.2 Å². The molecule has 0 spiro atoms. The molecule has 0 fully saturated rings. The second kappa shape index (κ2) is 14.6. The quantitative estimate of drug-likeness (QED) is 0.123. The molecule has 0 amide bonds. The molecule has 50 heavy (non-hydrogen) atoms. The predicted molar refractivity (Wildman–Crippen MR) is 165 cm³/mol. The van der Waals surface area contributed by atoms with Gasteiger partial charge < -0.3 is 5.73 Å².